The van der Waals surface area contributed by atoms with Gasteiger partial charge < -0.3 is 15.2 Å². The largest absolute Gasteiger partial charge is 0.507 e. The molecule has 1 aromatic carbocycles. The van der Waals surface area contributed by atoms with Crippen LogP contribution in [0.25, 0.3) is 0 Å². The van der Waals surface area contributed by atoms with E-state index in [9.17, 15) is 5.11 Å². The first-order valence-electron chi connectivity index (χ1n) is 4.79. The van der Waals surface area contributed by atoms with Crippen molar-refractivity contribution in [2.45, 2.75) is 6.54 Å². The van der Waals surface area contributed by atoms with Gasteiger partial charge in [-0.05, 0) is 12.1 Å². The van der Waals surface area contributed by atoms with Crippen LogP contribution in [0, 0.1) is 0 Å². The summed E-state index contributed by atoms with van der Waals surface area (Å²) >= 11 is 1.53. The number of phenols is 1. The number of anilines is 1. The number of aromatic nitrogens is 1. The lowest BCUT2D eigenvalue weighted by atomic mass is 10.2. The molecule has 0 bridgehead atoms. The second kappa shape index (κ2) is 4.85. The van der Waals surface area contributed by atoms with Crippen molar-refractivity contribution in [3.05, 3.63) is 35.3 Å². The summed E-state index contributed by atoms with van der Waals surface area (Å²) in [5.74, 6) is 0.874. The minimum atomic E-state index is 0.225. The highest BCUT2D eigenvalue weighted by molar-refractivity contribution is 7.13. The molecule has 2 aromatic rings. The van der Waals surface area contributed by atoms with Gasteiger partial charge in [-0.3, -0.25) is 0 Å². The van der Waals surface area contributed by atoms with Gasteiger partial charge in [0.05, 0.1) is 7.11 Å². The minimum Gasteiger partial charge on any atom is -0.507 e. The lowest BCUT2D eigenvalue weighted by Gasteiger charge is -2.07. The monoisotopic (exact) mass is 236 g/mol. The number of phenolic OH excluding ortho intramolecular Hbond substituents is 1. The van der Waals surface area contributed by atoms with Gasteiger partial charge in [0, 0.05) is 29.8 Å². The predicted octanol–water partition coefficient (Wildman–Crippen LogP) is 2.47. The predicted molar refractivity (Wildman–Crippen MR) is 64.1 cm³/mol. The number of rotatable bonds is 4. The molecule has 0 atom stereocenters. The first-order valence-corrected chi connectivity index (χ1v) is 5.67. The molecular weight excluding hydrogens is 224 g/mol. The Morgan fingerprint density at radius 1 is 1.50 bits per heavy atom. The van der Waals surface area contributed by atoms with Gasteiger partial charge in [0.1, 0.15) is 11.5 Å². The smallest absolute Gasteiger partial charge is 0.182 e. The summed E-state index contributed by atoms with van der Waals surface area (Å²) < 4.78 is 5.01. The highest BCUT2D eigenvalue weighted by atomic mass is 32.1. The molecule has 0 aliphatic rings. The summed E-state index contributed by atoms with van der Waals surface area (Å²) in [5, 5.41) is 15.6. The zero-order valence-electron chi connectivity index (χ0n) is 8.80. The van der Waals surface area contributed by atoms with Crippen LogP contribution in [-0.2, 0) is 6.54 Å². The van der Waals surface area contributed by atoms with E-state index >= 15 is 0 Å². The van der Waals surface area contributed by atoms with Crippen molar-refractivity contribution in [2.24, 2.45) is 0 Å². The second-order valence-corrected chi connectivity index (χ2v) is 4.08. The number of methoxy groups -OCH3 is 1. The molecule has 0 spiro atoms. The number of hydrogen-bond acceptors (Lipinski definition) is 5. The molecule has 0 radical (unpaired) electrons. The molecule has 0 unspecified atom stereocenters. The van der Waals surface area contributed by atoms with Gasteiger partial charge in [-0.1, -0.05) is 0 Å². The minimum absolute atomic E-state index is 0.225. The van der Waals surface area contributed by atoms with E-state index in [2.05, 4.69) is 10.3 Å². The van der Waals surface area contributed by atoms with Crippen LogP contribution in [0.15, 0.2) is 29.8 Å². The van der Waals surface area contributed by atoms with Crippen LogP contribution in [0.4, 0.5) is 5.13 Å². The number of aromatic hydroxyl groups is 1. The molecule has 16 heavy (non-hydrogen) atoms. The molecule has 2 N–H and O–H groups in total. The standard InChI is InChI=1S/C11H12N2O2S/c1-15-9-3-2-8(10(14)6-9)7-13-11-12-4-5-16-11/h2-6,14H,7H2,1H3,(H,12,13). The third-order valence-corrected chi connectivity index (χ3v) is 2.89. The summed E-state index contributed by atoms with van der Waals surface area (Å²) in [5.41, 5.74) is 0.816. The maximum absolute atomic E-state index is 9.71. The first kappa shape index (κ1) is 10.8. The first-order chi connectivity index (χ1) is 7.79. The maximum Gasteiger partial charge on any atom is 0.182 e. The molecule has 0 amide bonds. The Morgan fingerprint density at radius 3 is 3.00 bits per heavy atom. The molecule has 5 heteroatoms. The number of hydrogen-bond donors (Lipinski definition) is 2. The normalized spacial score (nSPS) is 10.1. The van der Waals surface area contributed by atoms with Crippen LogP contribution in [-0.4, -0.2) is 17.2 Å². The van der Waals surface area contributed by atoms with Gasteiger partial charge in [0.2, 0.25) is 0 Å². The van der Waals surface area contributed by atoms with Gasteiger partial charge in [0.25, 0.3) is 0 Å². The average Bonchev–Trinajstić information content (AvgIpc) is 2.80. The van der Waals surface area contributed by atoms with Gasteiger partial charge in [-0.2, -0.15) is 0 Å². The Kier molecular flexibility index (Phi) is 3.26. The molecule has 84 valence electrons. The number of ether oxygens (including phenoxy) is 1. The van der Waals surface area contributed by atoms with Crippen molar-refractivity contribution in [2.75, 3.05) is 12.4 Å². The molecule has 0 saturated heterocycles. The summed E-state index contributed by atoms with van der Waals surface area (Å²) in [4.78, 5) is 4.10. The number of benzene rings is 1. The van der Waals surface area contributed by atoms with Crippen molar-refractivity contribution in [3.63, 3.8) is 0 Å². The lowest BCUT2D eigenvalue weighted by molar-refractivity contribution is 0.406. The van der Waals surface area contributed by atoms with E-state index in [0.717, 1.165) is 10.7 Å². The van der Waals surface area contributed by atoms with Crippen LogP contribution in [0.5, 0.6) is 11.5 Å². The molecule has 0 saturated carbocycles. The highest BCUT2D eigenvalue weighted by Gasteiger charge is 2.03. The van der Waals surface area contributed by atoms with Crippen molar-refractivity contribution >= 4 is 16.5 Å². The zero-order valence-corrected chi connectivity index (χ0v) is 9.62. The van der Waals surface area contributed by atoms with E-state index in [1.165, 1.54) is 11.3 Å². The van der Waals surface area contributed by atoms with Crippen molar-refractivity contribution in [1.82, 2.24) is 4.98 Å². The van der Waals surface area contributed by atoms with E-state index in [-0.39, 0.29) is 5.75 Å². The molecule has 0 aliphatic carbocycles. The quantitative estimate of drug-likeness (QED) is 0.856. The topological polar surface area (TPSA) is 54.4 Å². The Labute approximate surface area is 97.5 Å². The van der Waals surface area contributed by atoms with Gasteiger partial charge in [0.15, 0.2) is 5.13 Å². The van der Waals surface area contributed by atoms with E-state index in [4.69, 9.17) is 4.74 Å². The highest BCUT2D eigenvalue weighted by Crippen LogP contribution is 2.24. The van der Waals surface area contributed by atoms with Crippen LogP contribution < -0.4 is 10.1 Å². The van der Waals surface area contributed by atoms with E-state index in [1.54, 1.807) is 19.4 Å². The van der Waals surface area contributed by atoms with Crippen LogP contribution >= 0.6 is 11.3 Å². The van der Waals surface area contributed by atoms with Gasteiger partial charge in [-0.25, -0.2) is 4.98 Å². The fourth-order valence-electron chi connectivity index (χ4n) is 1.30. The third kappa shape index (κ3) is 2.43. The molecule has 0 aliphatic heterocycles. The zero-order chi connectivity index (χ0) is 11.4. The molecule has 0 fully saturated rings. The van der Waals surface area contributed by atoms with Crippen molar-refractivity contribution in [1.29, 1.82) is 0 Å². The van der Waals surface area contributed by atoms with E-state index in [1.807, 2.05) is 17.5 Å². The summed E-state index contributed by atoms with van der Waals surface area (Å²) in [6, 6.07) is 5.24. The van der Waals surface area contributed by atoms with Crippen LogP contribution in [0.2, 0.25) is 0 Å². The summed E-state index contributed by atoms with van der Waals surface area (Å²) in [6.07, 6.45) is 1.74. The molecule has 2 rings (SSSR count). The van der Waals surface area contributed by atoms with E-state index < -0.39 is 0 Å². The molecule has 4 nitrogen and oxygen atoms in total. The average molecular weight is 236 g/mol. The van der Waals surface area contributed by atoms with E-state index in [0.29, 0.717) is 12.3 Å². The maximum atomic E-state index is 9.71. The Balaban J connectivity index is 2.04. The number of thiazole rings is 1. The SMILES string of the molecule is COc1ccc(CNc2nccs2)c(O)c1. The third-order valence-electron chi connectivity index (χ3n) is 2.15. The second-order valence-electron chi connectivity index (χ2n) is 3.19. The van der Waals surface area contributed by atoms with Crippen molar-refractivity contribution in [3.8, 4) is 11.5 Å². The lowest BCUT2D eigenvalue weighted by Crippen LogP contribution is -1.99. The molecule has 1 heterocycles. The molecular formula is C11H12N2O2S. The number of nitrogens with one attached hydrogen (secondary N) is 1. The Morgan fingerprint density at radius 2 is 2.38 bits per heavy atom. The van der Waals surface area contributed by atoms with Gasteiger partial charge in [-0.15, -0.1) is 11.3 Å². The Hall–Kier alpha value is -1.75. The fourth-order valence-corrected chi connectivity index (χ4v) is 1.83. The van der Waals surface area contributed by atoms with Gasteiger partial charge >= 0.3 is 0 Å². The fraction of sp³-hybridized carbons (Fsp3) is 0.182. The molecule has 1 aromatic heterocycles. The summed E-state index contributed by atoms with van der Waals surface area (Å²) in [7, 11) is 1.57. The van der Waals surface area contributed by atoms with Crippen molar-refractivity contribution < 1.29 is 9.84 Å². The number of nitrogens with zero attached hydrogens (tertiary/aromatic N) is 1. The van der Waals surface area contributed by atoms with Crippen LogP contribution in [0.1, 0.15) is 5.56 Å². The Bertz CT molecular complexity index is 457. The summed E-state index contributed by atoms with van der Waals surface area (Å²) in [6.45, 7) is 0.545. The van der Waals surface area contributed by atoms with Crippen LogP contribution in [0.3, 0.4) is 0 Å².